The van der Waals surface area contributed by atoms with E-state index < -0.39 is 28.1 Å². The summed E-state index contributed by atoms with van der Waals surface area (Å²) in [5, 5.41) is 20.6. The van der Waals surface area contributed by atoms with Crippen LogP contribution in [0.1, 0.15) is 159 Å². The van der Waals surface area contributed by atoms with Crippen molar-refractivity contribution >= 4 is 15.8 Å². The van der Waals surface area contributed by atoms with Crippen molar-refractivity contribution in [2.24, 2.45) is 11.8 Å². The van der Waals surface area contributed by atoms with Gasteiger partial charge < -0.3 is 34.1 Å². The molecule has 7 aromatic rings. The van der Waals surface area contributed by atoms with Gasteiger partial charge in [0.2, 0.25) is 10.0 Å². The fourth-order valence-electron chi connectivity index (χ4n) is 10.1. The van der Waals surface area contributed by atoms with Crippen molar-refractivity contribution in [3.8, 4) is 23.3 Å². The lowest BCUT2D eigenvalue weighted by molar-refractivity contribution is -0.274. The zero-order chi connectivity index (χ0) is 79.4. The number of aryl methyl sites for hydroxylation is 7. The molecule has 0 radical (unpaired) electrons. The molecule has 7 aromatic carbocycles. The summed E-state index contributed by atoms with van der Waals surface area (Å²) in [5.74, 6) is 2.86. The zero-order valence-electron chi connectivity index (χ0n) is 65.1. The van der Waals surface area contributed by atoms with E-state index in [1.807, 2.05) is 126 Å². The van der Waals surface area contributed by atoms with Gasteiger partial charge in [0.1, 0.15) is 23.1 Å². The van der Waals surface area contributed by atoms with Crippen LogP contribution < -0.4 is 14.8 Å². The van der Waals surface area contributed by atoms with Crippen LogP contribution in [-0.2, 0) is 36.8 Å². The number of benzene rings is 7. The van der Waals surface area contributed by atoms with Gasteiger partial charge in [-0.15, -0.1) is 13.2 Å². The lowest BCUT2D eigenvalue weighted by Gasteiger charge is -2.29. The Bertz CT molecular complexity index is 3510. The van der Waals surface area contributed by atoms with E-state index in [0.29, 0.717) is 17.7 Å². The second-order valence-corrected chi connectivity index (χ2v) is 27.9. The van der Waals surface area contributed by atoms with E-state index in [2.05, 4.69) is 48.7 Å². The number of methoxy groups -OCH3 is 1. The number of ketones is 1. The first-order valence-electron chi connectivity index (χ1n) is 36.5. The van der Waals surface area contributed by atoms with Crippen LogP contribution in [0.25, 0.3) is 0 Å². The Kier molecular flexibility index (Phi) is 50.6. The summed E-state index contributed by atoms with van der Waals surface area (Å²) in [5.41, 5.74) is 8.38. The quantitative estimate of drug-likeness (QED) is 0.0882. The summed E-state index contributed by atoms with van der Waals surface area (Å²) in [6.07, 6.45) is 5.34. The maximum Gasteiger partial charge on any atom is 0.573 e. The van der Waals surface area contributed by atoms with Gasteiger partial charge in [-0.2, -0.15) is 18.4 Å². The van der Waals surface area contributed by atoms with E-state index in [4.69, 9.17) is 29.3 Å². The Morgan fingerprint density at radius 1 is 0.613 bits per heavy atom. The Balaban J connectivity index is 0.000000585. The number of hydrogen-bond acceptors (Lipinski definition) is 12. The summed E-state index contributed by atoms with van der Waals surface area (Å²) in [7, 11) is -1.24. The van der Waals surface area contributed by atoms with Gasteiger partial charge in [-0.05, 0) is 191 Å². The summed E-state index contributed by atoms with van der Waals surface area (Å²) in [6.45, 7) is 34.6. The first-order valence-corrected chi connectivity index (χ1v) is 38.3. The van der Waals surface area contributed by atoms with Crippen LogP contribution in [0.2, 0.25) is 0 Å². The molecule has 4 fully saturated rings. The van der Waals surface area contributed by atoms with Crippen molar-refractivity contribution in [3.05, 3.63) is 231 Å². The summed E-state index contributed by atoms with van der Waals surface area (Å²) in [4.78, 5) is 13.3. The molecular weight excluding hydrogens is 1390 g/mol. The number of para-hydroxylation sites is 2. The number of carbonyl (C=O) groups is 1. The molecule has 13 nitrogen and oxygen atoms in total. The number of unbranched alkanes of at least 4 members (excludes halogenated alkanes) is 1. The molecule has 11 rings (SSSR count). The predicted molar refractivity (Wildman–Crippen MR) is 416 cm³/mol. The smallest absolute Gasteiger partial charge is 0.508 e. The molecule has 0 unspecified atom stereocenters. The normalized spacial score (nSPS) is 14.4. The highest BCUT2D eigenvalue weighted by atomic mass is 32.2. The maximum atomic E-state index is 12.1. The lowest BCUT2D eigenvalue weighted by Crippen LogP contribution is -2.37. The molecule has 4 aliphatic rings. The van der Waals surface area contributed by atoms with Crippen LogP contribution in [0.3, 0.4) is 0 Å². The van der Waals surface area contributed by atoms with Gasteiger partial charge in [-0.3, -0.25) is 9.69 Å². The third-order valence-corrected chi connectivity index (χ3v) is 18.0. The number of piperidine rings is 2. The Labute approximate surface area is 629 Å². The third kappa shape index (κ3) is 48.5. The predicted octanol–water partition coefficient (Wildman–Crippen LogP) is 20.7. The number of nitrogens with one attached hydrogen (secondary N) is 1. The number of ether oxygens (including phenoxy) is 5. The van der Waals surface area contributed by atoms with E-state index in [-0.39, 0.29) is 23.6 Å². The third-order valence-electron chi connectivity index (χ3n) is 16.7. The molecule has 588 valence electrons. The summed E-state index contributed by atoms with van der Waals surface area (Å²) < 4.78 is 131. The number of rotatable bonds is 12. The average molecular weight is 1510 g/mol. The second kappa shape index (κ2) is 55.7. The summed E-state index contributed by atoms with van der Waals surface area (Å²) >= 11 is 0. The molecule has 4 saturated heterocycles. The topological polar surface area (TPSA) is 160 Å². The van der Waals surface area contributed by atoms with E-state index in [1.54, 1.807) is 68.6 Å². The number of nitriles is 1. The molecule has 106 heavy (non-hydrogen) atoms. The standard InChI is InChI=1S/C9H9N.C9H10O.C8H7F3O.C8H7F3.C8H17NO2S.C8H17NO.C8H10O.C7H7F.C7H15N.C7H8O.C6H12O2/c1-8-2-4-9(5-3-8)6-7-10;1-7-4-3-5-9(6-7)8(2)10;1-6-2-4-7(5-3-6)12-8(9,10)11;1-6-3-2-4-7(5-6)8(9,10)11;1-3-8-4-6-9(7-5-8)12(2,10)11;1-2-3-4-9-5-7-10-8-6-9;1-7-5-3-4-6-8(7)9-2;1-6-2-4-7(8)5-3-6;1-2-7-3-5-8-6-4-7;1-6-4-2-3-5-7(6)8;1-2-3-6-7-4-5-8-6/h2-5H,6H2,1H3;3-6H,1-2H3;2-5H,1H3;2-5H,1H3;8H,3-7H2,1-2H3;2-8H2,1H3;3-6H,1-2H3;2-5H,1H3;7-8H,2-6H2,1H3;2-5,8H,1H3;6H,2-5H2,1H3. The van der Waals surface area contributed by atoms with Gasteiger partial charge in [-0.25, -0.2) is 17.1 Å². The SMILES string of the molecule is CC(=O)c1cccc(C)c1.CCC1CCN(S(C)(=O)=O)CC1.CCC1CCNCC1.CCCC1OCCO1.CCCCN1CCOCC1.COc1ccccc1C.Cc1ccc(CC#N)cc1.Cc1ccc(F)cc1.Cc1ccc(OC(F)(F)F)cc1.Cc1cccc(C(F)(F)F)c1.Cc1ccccc1O. The van der Waals surface area contributed by atoms with Crippen LogP contribution in [0.15, 0.2) is 170 Å². The van der Waals surface area contributed by atoms with E-state index in [0.717, 1.165) is 141 Å². The monoisotopic (exact) mass is 1500 g/mol. The Morgan fingerprint density at radius 2 is 1.11 bits per heavy atom. The number of carbonyl (C=O) groups excluding carboxylic acids is 1. The van der Waals surface area contributed by atoms with Crippen LogP contribution in [0.5, 0.6) is 17.2 Å². The number of aromatic hydroxyl groups is 1. The number of sulfonamides is 1. The van der Waals surface area contributed by atoms with Gasteiger partial charge in [-0.1, -0.05) is 203 Å². The van der Waals surface area contributed by atoms with Gasteiger partial charge in [0.25, 0.3) is 0 Å². The highest BCUT2D eigenvalue weighted by molar-refractivity contribution is 7.88. The fraction of sp³-hybridized carbons (Fsp3) is 0.482. The van der Waals surface area contributed by atoms with Crippen molar-refractivity contribution < 1.29 is 72.7 Å². The molecule has 21 heteroatoms. The number of morpholine rings is 1. The molecule has 0 spiro atoms. The van der Waals surface area contributed by atoms with Crippen LogP contribution in [0, 0.1) is 77.5 Å². The minimum absolute atomic E-state index is 0.111. The molecule has 0 aliphatic carbocycles. The van der Waals surface area contributed by atoms with Gasteiger partial charge >= 0.3 is 12.5 Å². The van der Waals surface area contributed by atoms with Crippen LogP contribution in [0.4, 0.5) is 30.7 Å². The maximum absolute atomic E-state index is 12.1. The average Bonchev–Trinajstić information content (AvgIpc) is 1.02. The number of alkyl halides is 6. The molecule has 4 heterocycles. The number of halogens is 7. The molecule has 0 saturated carbocycles. The zero-order valence-corrected chi connectivity index (χ0v) is 65.9. The number of phenolic OH excluding ortho intramolecular Hbond substituents is 1. The first kappa shape index (κ1) is 96.3. The first-order chi connectivity index (χ1) is 50.3. The van der Waals surface area contributed by atoms with Gasteiger partial charge in [0.15, 0.2) is 12.1 Å². The highest BCUT2D eigenvalue weighted by Gasteiger charge is 2.31. The molecule has 0 bridgehead atoms. The van der Waals surface area contributed by atoms with Crippen molar-refractivity contribution in [1.29, 1.82) is 5.26 Å². The van der Waals surface area contributed by atoms with E-state index in [1.165, 1.54) is 106 Å². The Hall–Kier alpha value is -7.68. The molecule has 0 amide bonds. The van der Waals surface area contributed by atoms with Crippen LogP contribution in [-0.4, -0.2) is 127 Å². The molecule has 0 aromatic heterocycles. The number of phenols is 1. The summed E-state index contributed by atoms with van der Waals surface area (Å²) in [6, 6.07) is 50.2. The van der Waals surface area contributed by atoms with E-state index >= 15 is 0 Å². The second-order valence-electron chi connectivity index (χ2n) is 25.9. The van der Waals surface area contributed by atoms with E-state index in [9.17, 15) is 43.9 Å². The molecule has 4 aliphatic heterocycles. The minimum Gasteiger partial charge on any atom is -0.508 e. The number of nitrogens with zero attached hydrogens (tertiary/aromatic N) is 3. The number of Topliss-reactive ketones (excluding diaryl/α,β-unsaturated/α-hetero) is 1. The minimum atomic E-state index is -4.60. The number of hydrogen-bond donors (Lipinski definition) is 2. The molecule has 2 N–H and O–H groups in total. The largest absolute Gasteiger partial charge is 0.573 e. The van der Waals surface area contributed by atoms with Crippen molar-refractivity contribution in [3.63, 3.8) is 0 Å². The van der Waals surface area contributed by atoms with Gasteiger partial charge in [0, 0.05) is 31.7 Å². The van der Waals surface area contributed by atoms with Crippen molar-refractivity contribution in [1.82, 2.24) is 14.5 Å². The highest BCUT2D eigenvalue weighted by Crippen LogP contribution is 2.29. The molecule has 0 atom stereocenters. The molecular formula is C85H119F7N4O9S. The lowest BCUT2D eigenvalue weighted by atomic mass is 9.96. The Morgan fingerprint density at radius 3 is 1.50 bits per heavy atom. The van der Waals surface area contributed by atoms with Gasteiger partial charge in [0.05, 0.1) is 57.8 Å². The van der Waals surface area contributed by atoms with Crippen molar-refractivity contribution in [2.75, 3.05) is 85.6 Å². The van der Waals surface area contributed by atoms with Crippen molar-refractivity contribution in [2.45, 2.75) is 173 Å². The van der Waals surface area contributed by atoms with Crippen LogP contribution >= 0.6 is 0 Å². The fourth-order valence-corrected chi connectivity index (χ4v) is 10.9.